The standard InChI is InChI=1S/C13H20N2O2/c1-10(8-14-2)13(16)15-9-11-6-4-5-7-12(11)17-3/h4-7,10,14H,8-9H2,1-3H3,(H,15,16). The molecule has 0 heterocycles. The molecule has 0 aliphatic heterocycles. The zero-order chi connectivity index (χ0) is 12.7. The summed E-state index contributed by atoms with van der Waals surface area (Å²) in [5.74, 6) is 0.814. The third-order valence-electron chi connectivity index (χ3n) is 2.60. The van der Waals surface area contributed by atoms with E-state index in [0.29, 0.717) is 13.1 Å². The number of amides is 1. The molecule has 0 spiro atoms. The highest BCUT2D eigenvalue weighted by molar-refractivity contribution is 5.78. The van der Waals surface area contributed by atoms with Gasteiger partial charge < -0.3 is 15.4 Å². The minimum Gasteiger partial charge on any atom is -0.496 e. The predicted octanol–water partition coefficient (Wildman–Crippen LogP) is 1.17. The van der Waals surface area contributed by atoms with Gasteiger partial charge in [-0.2, -0.15) is 0 Å². The van der Waals surface area contributed by atoms with Gasteiger partial charge in [-0.3, -0.25) is 4.79 Å². The monoisotopic (exact) mass is 236 g/mol. The number of hydrogen-bond donors (Lipinski definition) is 2. The van der Waals surface area contributed by atoms with Crippen molar-refractivity contribution in [2.24, 2.45) is 5.92 Å². The lowest BCUT2D eigenvalue weighted by Gasteiger charge is -2.13. The van der Waals surface area contributed by atoms with Gasteiger partial charge in [0.05, 0.1) is 7.11 Å². The number of carbonyl (C=O) groups is 1. The van der Waals surface area contributed by atoms with Crippen LogP contribution in [0, 0.1) is 5.92 Å². The van der Waals surface area contributed by atoms with Gasteiger partial charge in [-0.1, -0.05) is 25.1 Å². The first-order valence-corrected chi connectivity index (χ1v) is 5.73. The average Bonchev–Trinajstić information content (AvgIpc) is 2.36. The van der Waals surface area contributed by atoms with Gasteiger partial charge >= 0.3 is 0 Å². The molecule has 1 rings (SSSR count). The Morgan fingerprint density at radius 1 is 1.41 bits per heavy atom. The van der Waals surface area contributed by atoms with Crippen LogP contribution in [0.15, 0.2) is 24.3 Å². The molecule has 17 heavy (non-hydrogen) atoms. The lowest BCUT2D eigenvalue weighted by molar-refractivity contribution is -0.124. The molecular weight excluding hydrogens is 216 g/mol. The van der Waals surface area contributed by atoms with Crippen LogP contribution in [0.3, 0.4) is 0 Å². The maximum absolute atomic E-state index is 11.7. The summed E-state index contributed by atoms with van der Waals surface area (Å²) in [5, 5.41) is 5.88. The van der Waals surface area contributed by atoms with Crippen LogP contribution in [-0.2, 0) is 11.3 Å². The highest BCUT2D eigenvalue weighted by Crippen LogP contribution is 2.16. The summed E-state index contributed by atoms with van der Waals surface area (Å²) in [6, 6.07) is 7.68. The molecule has 4 heteroatoms. The van der Waals surface area contributed by atoms with E-state index in [4.69, 9.17) is 4.74 Å². The largest absolute Gasteiger partial charge is 0.496 e. The molecule has 1 aromatic rings. The normalized spacial score (nSPS) is 11.9. The molecule has 4 nitrogen and oxygen atoms in total. The molecule has 0 aliphatic rings. The van der Waals surface area contributed by atoms with Crippen LogP contribution in [0.25, 0.3) is 0 Å². The van der Waals surface area contributed by atoms with Gasteiger partial charge in [0.25, 0.3) is 0 Å². The van der Waals surface area contributed by atoms with E-state index >= 15 is 0 Å². The molecule has 1 amide bonds. The van der Waals surface area contributed by atoms with Gasteiger partial charge in [0.1, 0.15) is 5.75 Å². The maximum Gasteiger partial charge on any atom is 0.224 e. The van der Waals surface area contributed by atoms with Crippen molar-refractivity contribution in [1.29, 1.82) is 0 Å². The van der Waals surface area contributed by atoms with Gasteiger partial charge in [-0.15, -0.1) is 0 Å². The van der Waals surface area contributed by atoms with Crippen molar-refractivity contribution in [2.45, 2.75) is 13.5 Å². The minimum atomic E-state index is -0.0327. The van der Waals surface area contributed by atoms with Crippen LogP contribution in [0.5, 0.6) is 5.75 Å². The Labute approximate surface area is 102 Å². The summed E-state index contributed by atoms with van der Waals surface area (Å²) in [6.07, 6.45) is 0. The summed E-state index contributed by atoms with van der Waals surface area (Å²) in [7, 11) is 3.47. The van der Waals surface area contributed by atoms with Crippen LogP contribution >= 0.6 is 0 Å². The lowest BCUT2D eigenvalue weighted by Crippen LogP contribution is -2.33. The Bertz CT molecular complexity index is 366. The molecule has 2 N–H and O–H groups in total. The first-order chi connectivity index (χ1) is 8.19. The zero-order valence-corrected chi connectivity index (χ0v) is 10.6. The summed E-state index contributed by atoms with van der Waals surface area (Å²) in [5.41, 5.74) is 0.986. The summed E-state index contributed by atoms with van der Waals surface area (Å²) < 4.78 is 5.22. The molecule has 1 unspecified atom stereocenters. The predicted molar refractivity (Wildman–Crippen MR) is 67.9 cm³/mol. The summed E-state index contributed by atoms with van der Waals surface area (Å²) in [4.78, 5) is 11.7. The Morgan fingerprint density at radius 3 is 2.76 bits per heavy atom. The fourth-order valence-electron chi connectivity index (χ4n) is 1.60. The second-order valence-electron chi connectivity index (χ2n) is 3.99. The van der Waals surface area contributed by atoms with Crippen LogP contribution in [0.4, 0.5) is 0 Å². The molecule has 0 bridgehead atoms. The van der Waals surface area contributed by atoms with E-state index in [2.05, 4.69) is 10.6 Å². The maximum atomic E-state index is 11.7. The molecule has 0 aliphatic carbocycles. The third kappa shape index (κ3) is 4.07. The Morgan fingerprint density at radius 2 is 2.12 bits per heavy atom. The van der Waals surface area contributed by atoms with E-state index in [-0.39, 0.29) is 11.8 Å². The molecular formula is C13H20N2O2. The molecule has 94 valence electrons. The Hall–Kier alpha value is -1.55. The van der Waals surface area contributed by atoms with Crippen molar-refractivity contribution >= 4 is 5.91 Å². The van der Waals surface area contributed by atoms with Crippen LogP contribution in [0.2, 0.25) is 0 Å². The van der Waals surface area contributed by atoms with Crippen molar-refractivity contribution in [3.8, 4) is 5.75 Å². The van der Waals surface area contributed by atoms with Crippen molar-refractivity contribution in [3.63, 3.8) is 0 Å². The number of para-hydroxylation sites is 1. The topological polar surface area (TPSA) is 50.4 Å². The van der Waals surface area contributed by atoms with Crippen molar-refractivity contribution in [2.75, 3.05) is 20.7 Å². The Kier molecular flexibility index (Phi) is 5.49. The van der Waals surface area contributed by atoms with Gasteiger partial charge in [-0.05, 0) is 13.1 Å². The quantitative estimate of drug-likeness (QED) is 0.779. The Balaban J connectivity index is 2.52. The first kappa shape index (κ1) is 13.5. The number of ether oxygens (including phenoxy) is 1. The summed E-state index contributed by atoms with van der Waals surface area (Å²) in [6.45, 7) is 3.07. The highest BCUT2D eigenvalue weighted by Gasteiger charge is 2.11. The lowest BCUT2D eigenvalue weighted by atomic mass is 10.1. The number of hydrogen-bond acceptors (Lipinski definition) is 3. The third-order valence-corrected chi connectivity index (χ3v) is 2.60. The average molecular weight is 236 g/mol. The van der Waals surface area contributed by atoms with Crippen molar-refractivity contribution < 1.29 is 9.53 Å². The van der Waals surface area contributed by atoms with E-state index in [1.165, 1.54) is 0 Å². The van der Waals surface area contributed by atoms with Gasteiger partial charge in [0.2, 0.25) is 5.91 Å². The van der Waals surface area contributed by atoms with E-state index in [0.717, 1.165) is 11.3 Å². The van der Waals surface area contributed by atoms with Crippen molar-refractivity contribution in [3.05, 3.63) is 29.8 Å². The summed E-state index contributed by atoms with van der Waals surface area (Å²) >= 11 is 0. The van der Waals surface area contributed by atoms with E-state index < -0.39 is 0 Å². The van der Waals surface area contributed by atoms with Crippen molar-refractivity contribution in [1.82, 2.24) is 10.6 Å². The number of nitrogens with one attached hydrogen (secondary N) is 2. The van der Waals surface area contributed by atoms with E-state index in [1.807, 2.05) is 38.2 Å². The molecule has 0 saturated heterocycles. The van der Waals surface area contributed by atoms with E-state index in [9.17, 15) is 4.79 Å². The number of benzene rings is 1. The number of carbonyl (C=O) groups excluding carboxylic acids is 1. The highest BCUT2D eigenvalue weighted by atomic mass is 16.5. The smallest absolute Gasteiger partial charge is 0.224 e. The number of methoxy groups -OCH3 is 1. The SMILES string of the molecule is CNCC(C)C(=O)NCc1ccccc1OC. The van der Waals surface area contributed by atoms with E-state index in [1.54, 1.807) is 7.11 Å². The van der Waals surface area contributed by atoms with Gasteiger partial charge in [0.15, 0.2) is 0 Å². The second-order valence-corrected chi connectivity index (χ2v) is 3.99. The molecule has 0 radical (unpaired) electrons. The van der Waals surface area contributed by atoms with Crippen LogP contribution in [-0.4, -0.2) is 26.6 Å². The molecule has 0 saturated carbocycles. The first-order valence-electron chi connectivity index (χ1n) is 5.73. The molecule has 0 fully saturated rings. The van der Waals surface area contributed by atoms with Gasteiger partial charge in [-0.25, -0.2) is 0 Å². The number of rotatable bonds is 6. The van der Waals surface area contributed by atoms with Crippen LogP contribution in [0.1, 0.15) is 12.5 Å². The second kappa shape index (κ2) is 6.91. The zero-order valence-electron chi connectivity index (χ0n) is 10.6. The molecule has 0 aromatic heterocycles. The fraction of sp³-hybridized carbons (Fsp3) is 0.462. The molecule has 1 atom stereocenters. The van der Waals surface area contributed by atoms with Gasteiger partial charge in [0, 0.05) is 24.6 Å². The molecule has 1 aromatic carbocycles. The minimum absolute atomic E-state index is 0.0327. The van der Waals surface area contributed by atoms with Crippen LogP contribution < -0.4 is 15.4 Å². The fourth-order valence-corrected chi connectivity index (χ4v) is 1.60.